The molecule has 0 saturated heterocycles. The zero-order valence-electron chi connectivity index (χ0n) is 10.2. The fourth-order valence-electron chi connectivity index (χ4n) is 1.22. The summed E-state index contributed by atoms with van der Waals surface area (Å²) in [6, 6.07) is 3.50. The van der Waals surface area contributed by atoms with E-state index in [-0.39, 0.29) is 6.61 Å². The normalized spacial score (nSPS) is 12.4. The Labute approximate surface area is 102 Å². The molecule has 96 valence electrons. The van der Waals surface area contributed by atoms with Gasteiger partial charge in [-0.15, -0.1) is 0 Å². The quantitative estimate of drug-likeness (QED) is 0.726. The number of ether oxygens (including phenoxy) is 1. The second-order valence-corrected chi connectivity index (χ2v) is 5.96. The summed E-state index contributed by atoms with van der Waals surface area (Å²) in [6.07, 6.45) is 4.78. The van der Waals surface area contributed by atoms with Crippen molar-refractivity contribution in [1.29, 1.82) is 0 Å². The summed E-state index contributed by atoms with van der Waals surface area (Å²) < 4.78 is 32.0. The van der Waals surface area contributed by atoms with Crippen molar-refractivity contribution in [3.8, 4) is 5.75 Å². The van der Waals surface area contributed by atoms with Gasteiger partial charge in [-0.2, -0.15) is 8.42 Å². The summed E-state index contributed by atoms with van der Waals surface area (Å²) in [5.41, 5.74) is -0.494. The van der Waals surface area contributed by atoms with Crippen molar-refractivity contribution in [2.24, 2.45) is 0 Å². The molecule has 0 fully saturated rings. The van der Waals surface area contributed by atoms with E-state index in [1.54, 1.807) is 24.5 Å². The first-order valence-corrected chi connectivity index (χ1v) is 7.04. The van der Waals surface area contributed by atoms with E-state index in [1.165, 1.54) is 0 Å². The lowest BCUT2D eigenvalue weighted by Crippen LogP contribution is -2.30. The molecule has 0 aromatic carbocycles. The SMILES string of the molecule is CC(C)(CCOS(C)(=O)=O)Oc1ccncc1. The molecule has 0 aliphatic carbocycles. The van der Waals surface area contributed by atoms with Gasteiger partial charge in [0.15, 0.2) is 0 Å². The molecular formula is C11H17NO4S. The summed E-state index contributed by atoms with van der Waals surface area (Å²) in [7, 11) is -3.38. The molecule has 0 unspecified atom stereocenters. The van der Waals surface area contributed by atoms with Crippen LogP contribution in [0.4, 0.5) is 0 Å². The second kappa shape index (κ2) is 5.46. The molecule has 1 aromatic heterocycles. The Morgan fingerprint density at radius 1 is 1.29 bits per heavy atom. The number of hydrogen-bond donors (Lipinski definition) is 0. The molecule has 0 aliphatic rings. The van der Waals surface area contributed by atoms with Gasteiger partial charge in [0.2, 0.25) is 0 Å². The lowest BCUT2D eigenvalue weighted by atomic mass is 10.1. The minimum Gasteiger partial charge on any atom is -0.488 e. The highest BCUT2D eigenvalue weighted by Gasteiger charge is 2.20. The number of rotatable bonds is 6. The van der Waals surface area contributed by atoms with Crippen molar-refractivity contribution < 1.29 is 17.3 Å². The van der Waals surface area contributed by atoms with Crippen LogP contribution in [-0.4, -0.2) is 31.9 Å². The number of aromatic nitrogens is 1. The average Bonchev–Trinajstić information content (AvgIpc) is 2.15. The Kier molecular flexibility index (Phi) is 4.47. The molecule has 1 aromatic rings. The molecule has 0 atom stereocenters. The zero-order valence-corrected chi connectivity index (χ0v) is 11.0. The van der Waals surface area contributed by atoms with Crippen molar-refractivity contribution in [2.45, 2.75) is 25.9 Å². The highest BCUT2D eigenvalue weighted by atomic mass is 32.2. The highest BCUT2D eigenvalue weighted by molar-refractivity contribution is 7.85. The summed E-state index contributed by atoms with van der Waals surface area (Å²) >= 11 is 0. The van der Waals surface area contributed by atoms with Crippen LogP contribution >= 0.6 is 0 Å². The first kappa shape index (κ1) is 13.9. The number of nitrogens with zero attached hydrogens (tertiary/aromatic N) is 1. The van der Waals surface area contributed by atoms with Crippen LogP contribution < -0.4 is 4.74 Å². The van der Waals surface area contributed by atoms with E-state index in [9.17, 15) is 8.42 Å². The molecule has 1 rings (SSSR count). The fraction of sp³-hybridized carbons (Fsp3) is 0.545. The van der Waals surface area contributed by atoms with E-state index < -0.39 is 15.7 Å². The predicted molar refractivity (Wildman–Crippen MR) is 64.4 cm³/mol. The van der Waals surface area contributed by atoms with E-state index in [4.69, 9.17) is 4.74 Å². The maximum absolute atomic E-state index is 10.8. The van der Waals surface area contributed by atoms with Gasteiger partial charge in [0.25, 0.3) is 10.1 Å². The summed E-state index contributed by atoms with van der Waals surface area (Å²) in [6.45, 7) is 3.86. The lowest BCUT2D eigenvalue weighted by molar-refractivity contribution is 0.0823. The van der Waals surface area contributed by atoms with Crippen LogP contribution in [0.15, 0.2) is 24.5 Å². The Bertz CT molecular complexity index is 442. The third-order valence-corrected chi connectivity index (χ3v) is 2.64. The van der Waals surface area contributed by atoms with Crippen LogP contribution in [0.3, 0.4) is 0 Å². The Balaban J connectivity index is 2.46. The maximum atomic E-state index is 10.8. The van der Waals surface area contributed by atoms with Crippen molar-refractivity contribution in [3.63, 3.8) is 0 Å². The molecule has 0 radical (unpaired) electrons. The van der Waals surface area contributed by atoms with Crippen molar-refractivity contribution in [1.82, 2.24) is 4.98 Å². The molecule has 1 heterocycles. The van der Waals surface area contributed by atoms with Crippen molar-refractivity contribution in [3.05, 3.63) is 24.5 Å². The topological polar surface area (TPSA) is 65.5 Å². The molecule has 0 aliphatic heterocycles. The molecule has 5 nitrogen and oxygen atoms in total. The molecule has 0 spiro atoms. The van der Waals surface area contributed by atoms with Crippen molar-refractivity contribution >= 4 is 10.1 Å². The van der Waals surface area contributed by atoms with Gasteiger partial charge in [0, 0.05) is 18.8 Å². The minimum atomic E-state index is -3.38. The van der Waals surface area contributed by atoms with Gasteiger partial charge < -0.3 is 4.74 Å². The smallest absolute Gasteiger partial charge is 0.264 e. The Hall–Kier alpha value is -1.14. The molecule has 0 amide bonds. The van der Waals surface area contributed by atoms with Gasteiger partial charge in [0.05, 0.1) is 12.9 Å². The van der Waals surface area contributed by atoms with Crippen LogP contribution in [0.1, 0.15) is 20.3 Å². The average molecular weight is 259 g/mol. The monoisotopic (exact) mass is 259 g/mol. The van der Waals surface area contributed by atoms with Crippen LogP contribution in [0.5, 0.6) is 5.75 Å². The summed E-state index contributed by atoms with van der Waals surface area (Å²) in [4.78, 5) is 3.89. The van der Waals surface area contributed by atoms with Gasteiger partial charge in [-0.3, -0.25) is 9.17 Å². The second-order valence-electron chi connectivity index (χ2n) is 4.32. The summed E-state index contributed by atoms with van der Waals surface area (Å²) in [5.74, 6) is 0.698. The van der Waals surface area contributed by atoms with Gasteiger partial charge in [-0.25, -0.2) is 0 Å². The van der Waals surface area contributed by atoms with E-state index in [1.807, 2.05) is 13.8 Å². The van der Waals surface area contributed by atoms with Crippen LogP contribution in [0, 0.1) is 0 Å². The van der Waals surface area contributed by atoms with Crippen molar-refractivity contribution in [2.75, 3.05) is 12.9 Å². The Morgan fingerprint density at radius 3 is 2.41 bits per heavy atom. The molecule has 0 saturated carbocycles. The number of pyridine rings is 1. The lowest BCUT2D eigenvalue weighted by Gasteiger charge is -2.26. The predicted octanol–water partition coefficient (Wildman–Crippen LogP) is 1.61. The Morgan fingerprint density at radius 2 is 1.88 bits per heavy atom. The van der Waals surface area contributed by atoms with Crippen LogP contribution in [-0.2, 0) is 14.3 Å². The maximum Gasteiger partial charge on any atom is 0.264 e. The highest BCUT2D eigenvalue weighted by Crippen LogP contribution is 2.20. The van der Waals surface area contributed by atoms with Crippen LogP contribution in [0.25, 0.3) is 0 Å². The molecule has 17 heavy (non-hydrogen) atoms. The standard InChI is InChI=1S/C11H17NO4S/c1-11(2,6-9-15-17(3,13)14)16-10-4-7-12-8-5-10/h4-5,7-8H,6,9H2,1-3H3. The molecular weight excluding hydrogens is 242 g/mol. The molecule has 6 heteroatoms. The summed E-state index contributed by atoms with van der Waals surface area (Å²) in [5, 5.41) is 0. The van der Waals surface area contributed by atoms with Gasteiger partial charge in [-0.1, -0.05) is 0 Å². The van der Waals surface area contributed by atoms with E-state index >= 15 is 0 Å². The van der Waals surface area contributed by atoms with Gasteiger partial charge >= 0.3 is 0 Å². The fourth-order valence-corrected chi connectivity index (χ4v) is 1.60. The van der Waals surface area contributed by atoms with E-state index in [2.05, 4.69) is 9.17 Å². The van der Waals surface area contributed by atoms with Gasteiger partial charge in [-0.05, 0) is 26.0 Å². The molecule has 0 bridgehead atoms. The minimum absolute atomic E-state index is 0.108. The van der Waals surface area contributed by atoms with E-state index in [0.717, 1.165) is 6.26 Å². The first-order chi connectivity index (χ1) is 7.79. The third kappa shape index (κ3) is 6.23. The zero-order chi connectivity index (χ0) is 12.9. The third-order valence-electron chi connectivity index (χ3n) is 2.05. The van der Waals surface area contributed by atoms with Crippen LogP contribution in [0.2, 0.25) is 0 Å². The van der Waals surface area contributed by atoms with Gasteiger partial charge in [0.1, 0.15) is 11.4 Å². The number of hydrogen-bond acceptors (Lipinski definition) is 5. The first-order valence-electron chi connectivity index (χ1n) is 5.22. The largest absolute Gasteiger partial charge is 0.488 e. The van der Waals surface area contributed by atoms with E-state index in [0.29, 0.717) is 12.2 Å². The molecule has 0 N–H and O–H groups in total.